The summed E-state index contributed by atoms with van der Waals surface area (Å²) in [6, 6.07) is 38.0. The Balaban J connectivity index is 1.76. The molecule has 0 aliphatic heterocycles. The first-order chi connectivity index (χ1) is 14.9. The van der Waals surface area contributed by atoms with E-state index in [-0.39, 0.29) is 10.8 Å². The first-order valence-electron chi connectivity index (χ1n) is 10.9. The zero-order valence-electron chi connectivity index (χ0n) is 18.8. The second-order valence-electron chi connectivity index (χ2n) is 9.08. The summed E-state index contributed by atoms with van der Waals surface area (Å²) < 4.78 is 6.66. The molecule has 4 rings (SSSR count). The van der Waals surface area contributed by atoms with Gasteiger partial charge in [-0.05, 0) is 23.3 Å². The van der Waals surface area contributed by atoms with E-state index in [1.807, 2.05) is 12.1 Å². The molecule has 4 aromatic carbocycles. The van der Waals surface area contributed by atoms with Crippen LogP contribution in [0.25, 0.3) is 0 Å². The van der Waals surface area contributed by atoms with Crippen LogP contribution in [0.15, 0.2) is 109 Å². The van der Waals surface area contributed by atoms with Gasteiger partial charge in [0.1, 0.15) is 11.5 Å². The molecule has 0 aliphatic rings. The van der Waals surface area contributed by atoms with Gasteiger partial charge in [-0.1, -0.05) is 125 Å². The van der Waals surface area contributed by atoms with Crippen LogP contribution in [0.2, 0.25) is 0 Å². The SMILES string of the molecule is CC(C)(c1ccccc1)c1ccccc1Oc1ccccc1C(C)(C)c1ccccc1. The molecule has 0 radical (unpaired) electrons. The van der Waals surface area contributed by atoms with Crippen LogP contribution in [0.3, 0.4) is 0 Å². The second kappa shape index (κ2) is 8.43. The third-order valence-electron chi connectivity index (χ3n) is 6.33. The van der Waals surface area contributed by atoms with Gasteiger partial charge in [0.15, 0.2) is 0 Å². The highest BCUT2D eigenvalue weighted by Gasteiger charge is 2.29. The van der Waals surface area contributed by atoms with Crippen LogP contribution in [-0.2, 0) is 10.8 Å². The monoisotopic (exact) mass is 406 g/mol. The van der Waals surface area contributed by atoms with Crippen molar-refractivity contribution in [2.45, 2.75) is 38.5 Å². The zero-order valence-corrected chi connectivity index (χ0v) is 18.8. The average Bonchev–Trinajstić information content (AvgIpc) is 2.81. The molecule has 0 amide bonds. The van der Waals surface area contributed by atoms with E-state index < -0.39 is 0 Å². The van der Waals surface area contributed by atoms with E-state index in [1.54, 1.807) is 0 Å². The molecule has 1 heteroatoms. The van der Waals surface area contributed by atoms with Crippen LogP contribution >= 0.6 is 0 Å². The molecule has 0 bridgehead atoms. The van der Waals surface area contributed by atoms with Gasteiger partial charge in [0.25, 0.3) is 0 Å². The van der Waals surface area contributed by atoms with Gasteiger partial charge in [-0.3, -0.25) is 0 Å². The fourth-order valence-corrected chi connectivity index (χ4v) is 4.28. The van der Waals surface area contributed by atoms with Crippen LogP contribution < -0.4 is 4.74 Å². The number of ether oxygens (including phenoxy) is 1. The molecule has 0 atom stereocenters. The molecule has 1 nitrogen and oxygen atoms in total. The minimum Gasteiger partial charge on any atom is -0.457 e. The predicted octanol–water partition coefficient (Wildman–Crippen LogP) is 8.13. The molecule has 4 aromatic rings. The summed E-state index contributed by atoms with van der Waals surface area (Å²) in [5, 5.41) is 0. The summed E-state index contributed by atoms with van der Waals surface area (Å²) in [5.41, 5.74) is 4.53. The highest BCUT2D eigenvalue weighted by atomic mass is 16.5. The average molecular weight is 407 g/mol. The Morgan fingerprint density at radius 3 is 1.13 bits per heavy atom. The van der Waals surface area contributed by atoms with Gasteiger partial charge in [0.05, 0.1) is 0 Å². The summed E-state index contributed by atoms with van der Waals surface area (Å²) in [5.74, 6) is 1.79. The maximum Gasteiger partial charge on any atom is 0.131 e. The first kappa shape index (κ1) is 20.9. The molecule has 156 valence electrons. The van der Waals surface area contributed by atoms with Gasteiger partial charge < -0.3 is 4.74 Å². The molecule has 0 unspecified atom stereocenters. The van der Waals surface area contributed by atoms with Gasteiger partial charge in [-0.2, -0.15) is 0 Å². The fraction of sp³-hybridized carbons (Fsp3) is 0.200. The van der Waals surface area contributed by atoms with Crippen molar-refractivity contribution >= 4 is 0 Å². The van der Waals surface area contributed by atoms with Gasteiger partial charge in [0, 0.05) is 22.0 Å². The molecular formula is C30H30O. The number of hydrogen-bond acceptors (Lipinski definition) is 1. The molecule has 0 saturated carbocycles. The lowest BCUT2D eigenvalue weighted by Gasteiger charge is -2.30. The predicted molar refractivity (Wildman–Crippen MR) is 130 cm³/mol. The lowest BCUT2D eigenvalue weighted by molar-refractivity contribution is 0.445. The maximum atomic E-state index is 6.66. The lowest BCUT2D eigenvalue weighted by Crippen LogP contribution is -2.21. The quantitative estimate of drug-likeness (QED) is 0.314. The minimum absolute atomic E-state index is 0.179. The van der Waals surface area contributed by atoms with Crippen molar-refractivity contribution in [2.24, 2.45) is 0 Å². The van der Waals surface area contributed by atoms with E-state index in [0.29, 0.717) is 0 Å². The van der Waals surface area contributed by atoms with Gasteiger partial charge in [0.2, 0.25) is 0 Å². The molecule has 0 fully saturated rings. The van der Waals surface area contributed by atoms with Crippen molar-refractivity contribution in [3.05, 3.63) is 131 Å². The van der Waals surface area contributed by atoms with Crippen molar-refractivity contribution in [1.82, 2.24) is 0 Å². The highest BCUT2D eigenvalue weighted by molar-refractivity contribution is 5.51. The fourth-order valence-electron chi connectivity index (χ4n) is 4.28. The van der Waals surface area contributed by atoms with Crippen molar-refractivity contribution in [1.29, 1.82) is 0 Å². The summed E-state index contributed by atoms with van der Waals surface area (Å²) in [7, 11) is 0. The van der Waals surface area contributed by atoms with Crippen LogP contribution in [0.5, 0.6) is 11.5 Å². The Bertz CT molecular complexity index is 1050. The molecule has 0 saturated heterocycles. The Morgan fingerprint density at radius 2 is 0.742 bits per heavy atom. The highest BCUT2D eigenvalue weighted by Crippen LogP contribution is 2.42. The molecule has 0 spiro atoms. The van der Waals surface area contributed by atoms with E-state index in [0.717, 1.165) is 11.5 Å². The summed E-state index contributed by atoms with van der Waals surface area (Å²) in [6.45, 7) is 9.02. The number of benzene rings is 4. The third kappa shape index (κ3) is 4.14. The molecule has 0 heterocycles. The van der Waals surface area contributed by atoms with E-state index in [2.05, 4.69) is 125 Å². The van der Waals surface area contributed by atoms with Crippen molar-refractivity contribution in [3.63, 3.8) is 0 Å². The van der Waals surface area contributed by atoms with Crippen LogP contribution in [0, 0.1) is 0 Å². The van der Waals surface area contributed by atoms with Crippen molar-refractivity contribution in [3.8, 4) is 11.5 Å². The lowest BCUT2D eigenvalue weighted by atomic mass is 9.77. The van der Waals surface area contributed by atoms with E-state index in [9.17, 15) is 0 Å². The normalized spacial score (nSPS) is 11.9. The molecule has 0 aliphatic carbocycles. The third-order valence-corrected chi connectivity index (χ3v) is 6.33. The van der Waals surface area contributed by atoms with Crippen molar-refractivity contribution in [2.75, 3.05) is 0 Å². The maximum absolute atomic E-state index is 6.66. The number of hydrogen-bond donors (Lipinski definition) is 0. The molecule has 31 heavy (non-hydrogen) atoms. The minimum atomic E-state index is -0.179. The smallest absolute Gasteiger partial charge is 0.131 e. The summed E-state index contributed by atoms with van der Waals surface area (Å²) in [4.78, 5) is 0. The topological polar surface area (TPSA) is 9.23 Å². The van der Waals surface area contributed by atoms with Crippen LogP contribution in [0.1, 0.15) is 49.9 Å². The largest absolute Gasteiger partial charge is 0.457 e. The Hall–Kier alpha value is -3.32. The van der Waals surface area contributed by atoms with Gasteiger partial charge in [-0.25, -0.2) is 0 Å². The van der Waals surface area contributed by atoms with Crippen LogP contribution in [-0.4, -0.2) is 0 Å². The second-order valence-corrected chi connectivity index (χ2v) is 9.08. The summed E-state index contributed by atoms with van der Waals surface area (Å²) in [6.07, 6.45) is 0. The van der Waals surface area contributed by atoms with E-state index >= 15 is 0 Å². The van der Waals surface area contributed by atoms with Gasteiger partial charge in [-0.15, -0.1) is 0 Å². The number of para-hydroxylation sites is 2. The standard InChI is InChI=1S/C30H30O/c1-29(2,23-15-7-5-8-16-23)25-19-11-13-21-27(25)31-28-22-14-12-20-26(28)30(3,4)24-17-9-6-10-18-24/h5-22H,1-4H3. The Kier molecular flexibility index (Phi) is 5.69. The van der Waals surface area contributed by atoms with E-state index in [1.165, 1.54) is 22.3 Å². The Labute approximate surface area is 186 Å². The van der Waals surface area contributed by atoms with Crippen LogP contribution in [0.4, 0.5) is 0 Å². The first-order valence-corrected chi connectivity index (χ1v) is 10.9. The Morgan fingerprint density at radius 1 is 0.419 bits per heavy atom. The number of rotatable bonds is 6. The van der Waals surface area contributed by atoms with E-state index in [4.69, 9.17) is 4.74 Å². The van der Waals surface area contributed by atoms with Crippen molar-refractivity contribution < 1.29 is 4.74 Å². The van der Waals surface area contributed by atoms with Gasteiger partial charge >= 0.3 is 0 Å². The molecule has 0 N–H and O–H groups in total. The molecular weight excluding hydrogens is 376 g/mol. The molecule has 0 aromatic heterocycles. The summed E-state index contributed by atoms with van der Waals surface area (Å²) >= 11 is 0. The zero-order chi connectivity index (χ0) is 21.9.